The Morgan fingerprint density at radius 1 is 0.630 bits per heavy atom. The van der Waals surface area contributed by atoms with Crippen molar-refractivity contribution in [2.75, 3.05) is 0 Å². The van der Waals surface area contributed by atoms with Gasteiger partial charge in [-0.3, -0.25) is 0 Å². The standard InChI is InChI=1S/C27H24/c1-3-20-21(4-2)26(24-15-9-12-18-10-5-7-13-22(18)24)17-27-23-14-8-6-11-19(23)16-25(20)27/h5-15,17H,3-4,16H2,1-2H3. The molecule has 0 saturated carbocycles. The molecule has 4 aromatic carbocycles. The largest absolute Gasteiger partial charge is 0.0619 e. The number of hydrogen-bond donors (Lipinski definition) is 0. The van der Waals surface area contributed by atoms with Gasteiger partial charge in [0.1, 0.15) is 0 Å². The van der Waals surface area contributed by atoms with Gasteiger partial charge in [-0.1, -0.05) is 80.6 Å². The molecule has 0 bridgehead atoms. The Hall–Kier alpha value is -2.86. The van der Waals surface area contributed by atoms with E-state index in [4.69, 9.17) is 0 Å². The van der Waals surface area contributed by atoms with Gasteiger partial charge in [-0.2, -0.15) is 0 Å². The molecule has 0 aromatic heterocycles. The first-order chi connectivity index (χ1) is 13.3. The van der Waals surface area contributed by atoms with Crippen LogP contribution in [0.5, 0.6) is 0 Å². The van der Waals surface area contributed by atoms with Crippen molar-refractivity contribution in [1.82, 2.24) is 0 Å². The van der Waals surface area contributed by atoms with E-state index in [9.17, 15) is 0 Å². The second-order valence-corrected chi connectivity index (χ2v) is 7.48. The highest BCUT2D eigenvalue weighted by Gasteiger charge is 2.24. The molecule has 0 spiro atoms. The maximum absolute atomic E-state index is 2.47. The van der Waals surface area contributed by atoms with Gasteiger partial charge in [-0.05, 0) is 80.6 Å². The van der Waals surface area contributed by atoms with E-state index >= 15 is 0 Å². The minimum atomic E-state index is 1.07. The first-order valence-electron chi connectivity index (χ1n) is 10.1. The van der Waals surface area contributed by atoms with Crippen molar-refractivity contribution in [3.63, 3.8) is 0 Å². The molecule has 27 heavy (non-hydrogen) atoms. The number of hydrogen-bond acceptors (Lipinski definition) is 0. The second-order valence-electron chi connectivity index (χ2n) is 7.48. The first-order valence-corrected chi connectivity index (χ1v) is 10.1. The van der Waals surface area contributed by atoms with Gasteiger partial charge < -0.3 is 0 Å². The molecule has 0 fully saturated rings. The topological polar surface area (TPSA) is 0 Å². The number of benzene rings is 4. The molecule has 0 radical (unpaired) electrons. The van der Waals surface area contributed by atoms with E-state index in [-0.39, 0.29) is 0 Å². The zero-order valence-electron chi connectivity index (χ0n) is 16.0. The lowest BCUT2D eigenvalue weighted by Gasteiger charge is -2.19. The Labute approximate surface area is 161 Å². The minimum absolute atomic E-state index is 1.07. The molecule has 0 heteroatoms. The predicted octanol–water partition coefficient (Wildman–Crippen LogP) is 7.20. The summed E-state index contributed by atoms with van der Waals surface area (Å²) >= 11 is 0. The zero-order chi connectivity index (χ0) is 18.4. The maximum atomic E-state index is 2.47. The summed E-state index contributed by atoms with van der Waals surface area (Å²) < 4.78 is 0. The van der Waals surface area contributed by atoms with Crippen LogP contribution in [-0.2, 0) is 19.3 Å². The lowest BCUT2D eigenvalue weighted by atomic mass is 9.85. The fourth-order valence-corrected chi connectivity index (χ4v) is 4.93. The molecule has 0 amide bonds. The average Bonchev–Trinajstić information content (AvgIpc) is 3.10. The van der Waals surface area contributed by atoms with Crippen LogP contribution in [0.15, 0.2) is 72.8 Å². The molecule has 0 nitrogen and oxygen atoms in total. The van der Waals surface area contributed by atoms with Gasteiger partial charge in [0.2, 0.25) is 0 Å². The molecule has 4 aromatic rings. The monoisotopic (exact) mass is 348 g/mol. The highest BCUT2D eigenvalue weighted by molar-refractivity contribution is 5.99. The molecule has 5 rings (SSSR count). The molecule has 0 N–H and O–H groups in total. The van der Waals surface area contributed by atoms with E-state index < -0.39 is 0 Å². The van der Waals surface area contributed by atoms with Gasteiger partial charge in [-0.25, -0.2) is 0 Å². The van der Waals surface area contributed by atoms with E-state index in [1.165, 1.54) is 44.2 Å². The number of fused-ring (bicyclic) bond motifs is 4. The summed E-state index contributed by atoms with van der Waals surface area (Å²) in [6.45, 7) is 4.61. The van der Waals surface area contributed by atoms with E-state index in [0.717, 1.165) is 19.3 Å². The van der Waals surface area contributed by atoms with Crippen molar-refractivity contribution in [1.29, 1.82) is 0 Å². The summed E-state index contributed by atoms with van der Waals surface area (Å²) in [6.07, 6.45) is 3.25. The van der Waals surface area contributed by atoms with Crippen LogP contribution in [0.4, 0.5) is 0 Å². The van der Waals surface area contributed by atoms with Gasteiger partial charge >= 0.3 is 0 Å². The highest BCUT2D eigenvalue weighted by atomic mass is 14.3. The molecule has 0 unspecified atom stereocenters. The molecular formula is C27H24. The van der Waals surface area contributed by atoms with E-state index in [0.29, 0.717) is 0 Å². The third-order valence-electron chi connectivity index (χ3n) is 6.13. The quantitative estimate of drug-likeness (QED) is 0.323. The first kappa shape index (κ1) is 16.3. The molecule has 0 saturated heterocycles. The Balaban J connectivity index is 1.86. The van der Waals surface area contributed by atoms with Gasteiger partial charge in [-0.15, -0.1) is 0 Å². The summed E-state index contributed by atoms with van der Waals surface area (Å²) in [5.41, 5.74) is 11.8. The molecule has 1 aliphatic rings. The van der Waals surface area contributed by atoms with Crippen molar-refractivity contribution in [2.45, 2.75) is 33.1 Å². The molecule has 1 aliphatic carbocycles. The Morgan fingerprint density at radius 3 is 2.19 bits per heavy atom. The van der Waals surface area contributed by atoms with E-state index in [1.807, 2.05) is 0 Å². The Bertz CT molecular complexity index is 1160. The van der Waals surface area contributed by atoms with Gasteiger partial charge in [0.25, 0.3) is 0 Å². The van der Waals surface area contributed by atoms with E-state index in [1.54, 1.807) is 11.1 Å². The van der Waals surface area contributed by atoms with Crippen molar-refractivity contribution in [3.05, 3.63) is 95.1 Å². The van der Waals surface area contributed by atoms with Crippen LogP contribution >= 0.6 is 0 Å². The molecule has 132 valence electrons. The summed E-state index contributed by atoms with van der Waals surface area (Å²) in [6, 6.07) is 26.9. The van der Waals surface area contributed by atoms with Crippen molar-refractivity contribution >= 4 is 10.8 Å². The van der Waals surface area contributed by atoms with Gasteiger partial charge in [0.05, 0.1) is 0 Å². The fraction of sp³-hybridized carbons (Fsp3) is 0.185. The Morgan fingerprint density at radius 2 is 1.33 bits per heavy atom. The molecule has 0 atom stereocenters. The minimum Gasteiger partial charge on any atom is -0.0619 e. The van der Waals surface area contributed by atoms with E-state index in [2.05, 4.69) is 86.6 Å². The Kier molecular flexibility index (Phi) is 3.86. The van der Waals surface area contributed by atoms with Crippen LogP contribution < -0.4 is 0 Å². The maximum Gasteiger partial charge on any atom is -0.00106 e. The normalized spacial score (nSPS) is 12.2. The van der Waals surface area contributed by atoms with Crippen LogP contribution in [0, 0.1) is 0 Å². The van der Waals surface area contributed by atoms with Crippen molar-refractivity contribution < 1.29 is 0 Å². The molecular weight excluding hydrogens is 324 g/mol. The van der Waals surface area contributed by atoms with Crippen LogP contribution in [0.2, 0.25) is 0 Å². The highest BCUT2D eigenvalue weighted by Crippen LogP contribution is 2.44. The lowest BCUT2D eigenvalue weighted by Crippen LogP contribution is -2.01. The van der Waals surface area contributed by atoms with Crippen LogP contribution in [0.1, 0.15) is 36.1 Å². The fourth-order valence-electron chi connectivity index (χ4n) is 4.93. The molecule has 0 heterocycles. The van der Waals surface area contributed by atoms with Crippen LogP contribution in [0.3, 0.4) is 0 Å². The van der Waals surface area contributed by atoms with Crippen molar-refractivity contribution in [3.8, 4) is 22.3 Å². The number of rotatable bonds is 3. The summed E-state index contributed by atoms with van der Waals surface area (Å²) in [5.74, 6) is 0. The summed E-state index contributed by atoms with van der Waals surface area (Å²) in [5, 5.41) is 2.67. The zero-order valence-corrected chi connectivity index (χ0v) is 16.0. The second kappa shape index (κ2) is 6.39. The smallest absolute Gasteiger partial charge is 0.00106 e. The lowest BCUT2D eigenvalue weighted by molar-refractivity contribution is 1.01. The molecule has 0 aliphatic heterocycles. The third-order valence-corrected chi connectivity index (χ3v) is 6.13. The predicted molar refractivity (Wildman–Crippen MR) is 116 cm³/mol. The summed E-state index contributed by atoms with van der Waals surface area (Å²) in [7, 11) is 0. The summed E-state index contributed by atoms with van der Waals surface area (Å²) in [4.78, 5) is 0. The SMILES string of the molecule is CCc1c(-c2cccc3ccccc23)cc2c(c1CC)Cc1ccccc1-2. The third kappa shape index (κ3) is 2.44. The van der Waals surface area contributed by atoms with Crippen LogP contribution in [0.25, 0.3) is 33.0 Å². The van der Waals surface area contributed by atoms with Crippen LogP contribution in [-0.4, -0.2) is 0 Å². The van der Waals surface area contributed by atoms with Crippen molar-refractivity contribution in [2.24, 2.45) is 0 Å². The van der Waals surface area contributed by atoms with Gasteiger partial charge in [0.15, 0.2) is 0 Å². The average molecular weight is 348 g/mol. The van der Waals surface area contributed by atoms with Gasteiger partial charge in [0, 0.05) is 0 Å².